The minimum absolute atomic E-state index is 0.0112. The Morgan fingerprint density at radius 3 is 2.74 bits per heavy atom. The highest BCUT2D eigenvalue weighted by Gasteiger charge is 2.35. The lowest BCUT2D eigenvalue weighted by atomic mass is 9.95. The number of aliphatic imine (C=N–C) groups is 1. The number of amides is 4. The molecule has 0 spiro atoms. The third-order valence-electron chi connectivity index (χ3n) is 4.60. The fraction of sp³-hybridized carbons (Fsp3) is 0.333. The summed E-state index contributed by atoms with van der Waals surface area (Å²) in [6.07, 6.45) is 9.38. The maximum absolute atomic E-state index is 12.4. The number of hydrogen-bond donors (Lipinski definition) is 1. The van der Waals surface area contributed by atoms with Crippen LogP contribution in [0.4, 0.5) is 4.79 Å². The molecule has 1 aliphatic heterocycles. The van der Waals surface area contributed by atoms with Crippen molar-refractivity contribution in [1.82, 2.24) is 10.2 Å². The topological polar surface area (TPSA) is 78.8 Å². The molecule has 1 heterocycles. The average Bonchev–Trinajstić information content (AvgIpc) is 2.68. The third-order valence-corrected chi connectivity index (χ3v) is 4.60. The van der Waals surface area contributed by atoms with Gasteiger partial charge in [-0.1, -0.05) is 48.6 Å². The number of urea groups is 1. The molecule has 1 aliphatic carbocycles. The normalized spacial score (nSPS) is 18.3. The van der Waals surface area contributed by atoms with Crippen molar-refractivity contribution in [3.05, 3.63) is 60.2 Å². The minimum atomic E-state index is -0.515. The summed E-state index contributed by atoms with van der Waals surface area (Å²) in [4.78, 5) is 41.6. The Morgan fingerprint density at radius 2 is 1.93 bits per heavy atom. The minimum Gasteiger partial charge on any atom is -0.356 e. The van der Waals surface area contributed by atoms with E-state index in [1.54, 1.807) is 24.3 Å². The van der Waals surface area contributed by atoms with Crippen LogP contribution in [0.5, 0.6) is 0 Å². The van der Waals surface area contributed by atoms with E-state index < -0.39 is 11.9 Å². The Bertz CT molecular complexity index is 796. The molecule has 0 saturated carbocycles. The maximum Gasteiger partial charge on any atom is 0.350 e. The number of allylic oxidation sites excluding steroid dienone is 3. The van der Waals surface area contributed by atoms with Crippen molar-refractivity contribution in [1.29, 1.82) is 0 Å². The second kappa shape index (κ2) is 9.07. The predicted octanol–water partition coefficient (Wildman–Crippen LogP) is 2.66. The summed E-state index contributed by atoms with van der Waals surface area (Å²) in [5, 5.41) is 2.90. The Balaban J connectivity index is 1.36. The molecule has 4 amide bonds. The highest BCUT2D eigenvalue weighted by atomic mass is 16.2. The SMILES string of the molecule is O=C(CCCCN1C(=O)N=C2C=CC=CC2C1=O)NCCc1ccccc1. The van der Waals surface area contributed by atoms with Crippen LogP contribution in [-0.2, 0) is 16.0 Å². The molecule has 6 nitrogen and oxygen atoms in total. The van der Waals surface area contributed by atoms with E-state index in [-0.39, 0.29) is 11.8 Å². The van der Waals surface area contributed by atoms with Gasteiger partial charge in [0.25, 0.3) is 0 Å². The molecule has 3 rings (SSSR count). The average molecular weight is 365 g/mol. The molecule has 0 saturated heterocycles. The molecule has 1 atom stereocenters. The predicted molar refractivity (Wildman–Crippen MR) is 103 cm³/mol. The largest absolute Gasteiger partial charge is 0.356 e. The molecular weight excluding hydrogens is 342 g/mol. The quantitative estimate of drug-likeness (QED) is 0.720. The number of unbranched alkanes of at least 4 members (excludes halogenated alkanes) is 1. The number of hydrogen-bond acceptors (Lipinski definition) is 3. The van der Waals surface area contributed by atoms with Gasteiger partial charge in [-0.3, -0.25) is 14.5 Å². The first-order valence-electron chi connectivity index (χ1n) is 9.24. The van der Waals surface area contributed by atoms with Gasteiger partial charge in [-0.05, 0) is 30.9 Å². The molecule has 140 valence electrons. The van der Waals surface area contributed by atoms with Crippen LogP contribution in [0.2, 0.25) is 0 Å². The lowest BCUT2D eigenvalue weighted by Crippen LogP contribution is -2.46. The van der Waals surface area contributed by atoms with Crippen LogP contribution in [-0.4, -0.2) is 41.5 Å². The lowest BCUT2D eigenvalue weighted by Gasteiger charge is -2.28. The Kier molecular flexibility index (Phi) is 6.30. The molecule has 0 radical (unpaired) electrons. The molecule has 0 fully saturated rings. The van der Waals surface area contributed by atoms with Crippen molar-refractivity contribution >= 4 is 23.6 Å². The van der Waals surface area contributed by atoms with Crippen LogP contribution < -0.4 is 5.32 Å². The summed E-state index contributed by atoms with van der Waals surface area (Å²) in [6.45, 7) is 0.894. The van der Waals surface area contributed by atoms with E-state index in [0.29, 0.717) is 38.1 Å². The van der Waals surface area contributed by atoms with Crippen LogP contribution in [0.25, 0.3) is 0 Å². The first-order valence-corrected chi connectivity index (χ1v) is 9.24. The molecule has 2 aliphatic rings. The maximum atomic E-state index is 12.4. The van der Waals surface area contributed by atoms with Crippen molar-refractivity contribution in [3.8, 4) is 0 Å². The summed E-state index contributed by atoms with van der Waals surface area (Å²) < 4.78 is 0. The molecule has 6 heteroatoms. The molecule has 27 heavy (non-hydrogen) atoms. The van der Waals surface area contributed by atoms with Gasteiger partial charge in [0.15, 0.2) is 0 Å². The van der Waals surface area contributed by atoms with Gasteiger partial charge in [0.05, 0.1) is 11.6 Å². The van der Waals surface area contributed by atoms with E-state index in [1.807, 2.05) is 30.3 Å². The van der Waals surface area contributed by atoms with Crippen LogP contribution in [0, 0.1) is 5.92 Å². The fourth-order valence-electron chi connectivity index (χ4n) is 3.12. The van der Waals surface area contributed by atoms with Gasteiger partial charge in [-0.2, -0.15) is 4.99 Å². The van der Waals surface area contributed by atoms with Gasteiger partial charge < -0.3 is 5.32 Å². The van der Waals surface area contributed by atoms with Crippen LogP contribution in [0.3, 0.4) is 0 Å². The molecule has 0 aromatic heterocycles. The standard InChI is InChI=1S/C21H23N3O3/c25-19(22-14-13-16-8-2-1-3-9-16)12-6-7-15-24-20(26)17-10-4-5-11-18(17)23-21(24)27/h1-5,8-11,17H,6-7,12-15H2,(H,22,25). The summed E-state index contributed by atoms with van der Waals surface area (Å²) in [5.74, 6) is -0.713. The monoisotopic (exact) mass is 365 g/mol. The van der Waals surface area contributed by atoms with Gasteiger partial charge in [-0.15, -0.1) is 0 Å². The second-order valence-electron chi connectivity index (χ2n) is 6.57. The van der Waals surface area contributed by atoms with Gasteiger partial charge in [0, 0.05) is 19.5 Å². The van der Waals surface area contributed by atoms with Crippen LogP contribution in [0.15, 0.2) is 59.6 Å². The summed E-state index contributed by atoms with van der Waals surface area (Å²) in [7, 11) is 0. The van der Waals surface area contributed by atoms with E-state index in [1.165, 1.54) is 10.5 Å². The number of fused-ring (bicyclic) bond motifs is 1. The van der Waals surface area contributed by atoms with Crippen LogP contribution in [0.1, 0.15) is 24.8 Å². The first-order chi connectivity index (χ1) is 13.1. The molecular formula is C21H23N3O3. The fourth-order valence-corrected chi connectivity index (χ4v) is 3.12. The molecule has 0 bridgehead atoms. The number of nitrogens with one attached hydrogen (secondary N) is 1. The van der Waals surface area contributed by atoms with Crippen molar-refractivity contribution in [3.63, 3.8) is 0 Å². The molecule has 1 aromatic rings. The first kappa shape index (κ1) is 18.8. The molecule has 1 N–H and O–H groups in total. The second-order valence-corrected chi connectivity index (χ2v) is 6.57. The number of nitrogens with zero attached hydrogens (tertiary/aromatic N) is 2. The number of benzene rings is 1. The number of imide groups is 1. The number of rotatable bonds is 8. The van der Waals surface area contributed by atoms with Crippen molar-refractivity contribution < 1.29 is 14.4 Å². The number of carbonyl (C=O) groups is 3. The van der Waals surface area contributed by atoms with Crippen molar-refractivity contribution in [2.24, 2.45) is 10.9 Å². The summed E-state index contributed by atoms with van der Waals surface area (Å²) >= 11 is 0. The molecule has 1 unspecified atom stereocenters. The zero-order valence-electron chi connectivity index (χ0n) is 15.1. The van der Waals surface area contributed by atoms with Gasteiger partial charge in [-0.25, -0.2) is 4.79 Å². The summed E-state index contributed by atoms with van der Waals surface area (Å²) in [5.41, 5.74) is 1.69. The zero-order chi connectivity index (χ0) is 19.1. The van der Waals surface area contributed by atoms with Gasteiger partial charge in [0.1, 0.15) is 0 Å². The molecule has 1 aromatic carbocycles. The Hall–Kier alpha value is -3.02. The third kappa shape index (κ3) is 5.00. The van der Waals surface area contributed by atoms with Gasteiger partial charge >= 0.3 is 6.03 Å². The van der Waals surface area contributed by atoms with E-state index in [2.05, 4.69) is 10.3 Å². The van der Waals surface area contributed by atoms with Gasteiger partial charge in [0.2, 0.25) is 11.8 Å². The number of carbonyl (C=O) groups excluding carboxylic acids is 3. The van der Waals surface area contributed by atoms with E-state index in [9.17, 15) is 14.4 Å². The zero-order valence-corrected chi connectivity index (χ0v) is 15.1. The summed E-state index contributed by atoms with van der Waals surface area (Å²) in [6, 6.07) is 9.47. The highest BCUT2D eigenvalue weighted by Crippen LogP contribution is 2.20. The smallest absolute Gasteiger partial charge is 0.350 e. The van der Waals surface area contributed by atoms with Crippen molar-refractivity contribution in [2.45, 2.75) is 25.7 Å². The highest BCUT2D eigenvalue weighted by molar-refractivity contribution is 6.21. The Morgan fingerprint density at radius 1 is 1.11 bits per heavy atom. The van der Waals surface area contributed by atoms with E-state index >= 15 is 0 Å². The van der Waals surface area contributed by atoms with E-state index in [0.717, 1.165) is 6.42 Å². The van der Waals surface area contributed by atoms with E-state index in [4.69, 9.17) is 0 Å². The van der Waals surface area contributed by atoms with Crippen LogP contribution >= 0.6 is 0 Å². The van der Waals surface area contributed by atoms with Crippen molar-refractivity contribution in [2.75, 3.05) is 13.1 Å². The lowest BCUT2D eigenvalue weighted by molar-refractivity contribution is -0.129. The Labute approximate surface area is 158 Å².